The molecule has 1 unspecified atom stereocenters. The van der Waals surface area contributed by atoms with E-state index in [0.29, 0.717) is 6.42 Å². The molecular weight excluding hydrogens is 252 g/mol. The van der Waals surface area contributed by atoms with Crippen molar-refractivity contribution in [3.05, 3.63) is 35.4 Å². The Bertz CT molecular complexity index is 329. The van der Waals surface area contributed by atoms with E-state index >= 15 is 0 Å². The Labute approximate surface area is 112 Å². The fourth-order valence-corrected chi connectivity index (χ4v) is 2.38. The molecule has 0 aromatic heterocycles. The van der Waals surface area contributed by atoms with Crippen LogP contribution in [0.3, 0.4) is 0 Å². The minimum atomic E-state index is -0.442. The van der Waals surface area contributed by atoms with Crippen LogP contribution < -0.4 is 5.32 Å². The lowest BCUT2D eigenvalue weighted by atomic mass is 10.0. The Morgan fingerprint density at radius 2 is 1.94 bits per heavy atom. The van der Waals surface area contributed by atoms with Crippen molar-refractivity contribution < 1.29 is 8.78 Å². The molecular formula is C14H21F2NS. The van der Waals surface area contributed by atoms with Crippen LogP contribution in [0, 0.1) is 11.6 Å². The van der Waals surface area contributed by atoms with Crippen molar-refractivity contribution in [2.45, 2.75) is 32.2 Å². The predicted molar refractivity (Wildman–Crippen MR) is 75.1 cm³/mol. The first kappa shape index (κ1) is 15.4. The van der Waals surface area contributed by atoms with Gasteiger partial charge in [0.2, 0.25) is 0 Å². The first-order valence-electron chi connectivity index (χ1n) is 6.34. The molecule has 0 radical (unpaired) electrons. The number of nitrogens with one attached hydrogen (secondary N) is 1. The molecule has 1 atom stereocenters. The molecule has 0 bridgehead atoms. The van der Waals surface area contributed by atoms with E-state index in [9.17, 15) is 8.78 Å². The molecule has 0 aliphatic rings. The number of rotatable bonds is 8. The van der Waals surface area contributed by atoms with E-state index in [4.69, 9.17) is 0 Å². The Morgan fingerprint density at radius 1 is 1.28 bits per heavy atom. The first-order valence-corrected chi connectivity index (χ1v) is 7.73. The maximum atomic E-state index is 13.6. The lowest BCUT2D eigenvalue weighted by Crippen LogP contribution is -2.33. The number of hydrogen-bond acceptors (Lipinski definition) is 2. The van der Waals surface area contributed by atoms with Crippen molar-refractivity contribution in [2.75, 3.05) is 18.6 Å². The predicted octanol–water partition coefficient (Wildman–Crippen LogP) is 3.63. The fraction of sp³-hybridized carbons (Fsp3) is 0.571. The smallest absolute Gasteiger partial charge is 0.129 e. The summed E-state index contributed by atoms with van der Waals surface area (Å²) in [7, 11) is 0. The van der Waals surface area contributed by atoms with Crippen LogP contribution in [0.5, 0.6) is 0 Å². The largest absolute Gasteiger partial charge is 0.314 e. The van der Waals surface area contributed by atoms with Crippen LogP contribution in [0.15, 0.2) is 18.2 Å². The van der Waals surface area contributed by atoms with Crippen LogP contribution in [-0.2, 0) is 6.42 Å². The van der Waals surface area contributed by atoms with Gasteiger partial charge in [-0.1, -0.05) is 13.0 Å². The van der Waals surface area contributed by atoms with Gasteiger partial charge in [-0.3, -0.25) is 0 Å². The van der Waals surface area contributed by atoms with Gasteiger partial charge in [-0.15, -0.1) is 0 Å². The third-order valence-electron chi connectivity index (χ3n) is 2.87. The molecule has 0 saturated heterocycles. The van der Waals surface area contributed by atoms with Crippen LogP contribution in [-0.4, -0.2) is 24.6 Å². The van der Waals surface area contributed by atoms with Crippen LogP contribution in [0.4, 0.5) is 8.78 Å². The van der Waals surface area contributed by atoms with Gasteiger partial charge in [0, 0.05) is 11.6 Å². The molecule has 0 amide bonds. The summed E-state index contributed by atoms with van der Waals surface area (Å²) in [4.78, 5) is 0. The standard InChI is InChI=1S/C14H21F2NS/c1-3-8-17-11(7-9-18-2)10-12-13(15)5-4-6-14(12)16/h4-6,11,17H,3,7-10H2,1-2H3. The molecule has 0 aliphatic carbocycles. The molecule has 1 aromatic carbocycles. The van der Waals surface area contributed by atoms with Crippen molar-refractivity contribution in [3.8, 4) is 0 Å². The van der Waals surface area contributed by atoms with E-state index in [1.54, 1.807) is 11.8 Å². The minimum Gasteiger partial charge on any atom is -0.314 e. The second kappa shape index (κ2) is 8.48. The fourth-order valence-electron chi connectivity index (χ4n) is 1.86. The molecule has 1 aromatic rings. The molecule has 4 heteroatoms. The van der Waals surface area contributed by atoms with Gasteiger partial charge in [-0.2, -0.15) is 11.8 Å². The van der Waals surface area contributed by atoms with Gasteiger partial charge in [0.1, 0.15) is 11.6 Å². The first-order chi connectivity index (χ1) is 8.69. The Hall–Kier alpha value is -0.610. The molecule has 1 nitrogen and oxygen atoms in total. The summed E-state index contributed by atoms with van der Waals surface area (Å²) in [6.07, 6.45) is 4.41. The molecule has 0 spiro atoms. The van der Waals surface area contributed by atoms with Gasteiger partial charge in [0.15, 0.2) is 0 Å². The van der Waals surface area contributed by atoms with Crippen LogP contribution in [0.2, 0.25) is 0 Å². The van der Waals surface area contributed by atoms with Crippen LogP contribution in [0.1, 0.15) is 25.3 Å². The molecule has 0 heterocycles. The topological polar surface area (TPSA) is 12.0 Å². The average Bonchev–Trinajstić information content (AvgIpc) is 2.36. The zero-order valence-electron chi connectivity index (χ0n) is 11.0. The highest BCUT2D eigenvalue weighted by Crippen LogP contribution is 2.16. The van der Waals surface area contributed by atoms with E-state index in [-0.39, 0.29) is 11.6 Å². The maximum absolute atomic E-state index is 13.6. The summed E-state index contributed by atoms with van der Waals surface area (Å²) in [6.45, 7) is 2.97. The van der Waals surface area contributed by atoms with Gasteiger partial charge < -0.3 is 5.32 Å². The summed E-state index contributed by atoms with van der Waals surface area (Å²) in [5, 5.41) is 3.36. The lowest BCUT2D eigenvalue weighted by Gasteiger charge is -2.18. The molecule has 0 fully saturated rings. The SMILES string of the molecule is CCCNC(CCSC)Cc1c(F)cccc1F. The van der Waals surface area contributed by atoms with E-state index in [0.717, 1.165) is 25.1 Å². The maximum Gasteiger partial charge on any atom is 0.129 e. The highest BCUT2D eigenvalue weighted by atomic mass is 32.2. The van der Waals surface area contributed by atoms with E-state index in [1.165, 1.54) is 18.2 Å². The number of thioether (sulfide) groups is 1. The zero-order chi connectivity index (χ0) is 13.4. The summed E-state index contributed by atoms with van der Waals surface area (Å²) in [5.41, 5.74) is 0.201. The van der Waals surface area contributed by atoms with Crippen molar-refractivity contribution in [3.63, 3.8) is 0 Å². The third kappa shape index (κ3) is 4.94. The number of benzene rings is 1. The minimum absolute atomic E-state index is 0.142. The number of halogens is 2. The van der Waals surface area contributed by atoms with E-state index in [2.05, 4.69) is 12.2 Å². The average molecular weight is 273 g/mol. The highest BCUT2D eigenvalue weighted by molar-refractivity contribution is 7.98. The normalized spacial score (nSPS) is 12.7. The highest BCUT2D eigenvalue weighted by Gasteiger charge is 2.14. The summed E-state index contributed by atoms with van der Waals surface area (Å²) < 4.78 is 27.2. The zero-order valence-corrected chi connectivity index (χ0v) is 11.8. The monoisotopic (exact) mass is 273 g/mol. The van der Waals surface area contributed by atoms with Crippen molar-refractivity contribution in [1.82, 2.24) is 5.32 Å². The van der Waals surface area contributed by atoms with E-state index in [1.807, 2.05) is 6.26 Å². The van der Waals surface area contributed by atoms with Crippen molar-refractivity contribution in [1.29, 1.82) is 0 Å². The summed E-state index contributed by atoms with van der Waals surface area (Å²) >= 11 is 1.75. The third-order valence-corrected chi connectivity index (χ3v) is 3.51. The van der Waals surface area contributed by atoms with Gasteiger partial charge in [0.25, 0.3) is 0 Å². The van der Waals surface area contributed by atoms with Gasteiger partial charge in [0.05, 0.1) is 0 Å². The lowest BCUT2D eigenvalue weighted by molar-refractivity contribution is 0.469. The summed E-state index contributed by atoms with van der Waals surface area (Å²) in [6, 6.07) is 4.20. The van der Waals surface area contributed by atoms with Gasteiger partial charge in [-0.05, 0) is 49.9 Å². The second-order valence-corrected chi connectivity index (χ2v) is 5.32. The quantitative estimate of drug-likeness (QED) is 0.776. The van der Waals surface area contributed by atoms with E-state index < -0.39 is 11.6 Å². The van der Waals surface area contributed by atoms with Crippen molar-refractivity contribution in [2.24, 2.45) is 0 Å². The number of hydrogen-bond donors (Lipinski definition) is 1. The van der Waals surface area contributed by atoms with Gasteiger partial charge >= 0.3 is 0 Å². The van der Waals surface area contributed by atoms with Crippen LogP contribution >= 0.6 is 11.8 Å². The Kier molecular flexibility index (Phi) is 7.28. The molecule has 102 valence electrons. The molecule has 0 saturated carbocycles. The molecule has 1 N–H and O–H groups in total. The van der Waals surface area contributed by atoms with Gasteiger partial charge in [-0.25, -0.2) is 8.78 Å². The van der Waals surface area contributed by atoms with Crippen molar-refractivity contribution >= 4 is 11.8 Å². The molecule has 1 rings (SSSR count). The Balaban J connectivity index is 2.68. The second-order valence-electron chi connectivity index (χ2n) is 4.34. The summed E-state index contributed by atoms with van der Waals surface area (Å²) in [5.74, 6) is 0.113. The Morgan fingerprint density at radius 3 is 2.50 bits per heavy atom. The van der Waals surface area contributed by atoms with Crippen LogP contribution in [0.25, 0.3) is 0 Å². The molecule has 0 aliphatic heterocycles. The molecule has 18 heavy (non-hydrogen) atoms.